The number of ether oxygens (including phenoxy) is 1. The van der Waals surface area contributed by atoms with Gasteiger partial charge in [-0.3, -0.25) is 4.79 Å². The summed E-state index contributed by atoms with van der Waals surface area (Å²) in [5.41, 5.74) is 2.46. The van der Waals surface area contributed by atoms with Gasteiger partial charge < -0.3 is 25.3 Å². The van der Waals surface area contributed by atoms with E-state index in [-0.39, 0.29) is 17.6 Å². The number of halogens is 4. The number of H-pyrrole nitrogens is 1. The first kappa shape index (κ1) is 24.5. The van der Waals surface area contributed by atoms with Crippen molar-refractivity contribution in [3.63, 3.8) is 0 Å². The number of alkyl halides is 3. The van der Waals surface area contributed by atoms with Gasteiger partial charge in [0.2, 0.25) is 0 Å². The maximum Gasteiger partial charge on any atom is 0.417 e. The number of rotatable bonds is 3. The average molecular weight is 521 g/mol. The van der Waals surface area contributed by atoms with Crippen LogP contribution in [0.2, 0.25) is 5.02 Å². The van der Waals surface area contributed by atoms with Crippen molar-refractivity contribution in [1.29, 1.82) is 0 Å². The fraction of sp³-hybridized carbons (Fsp3) is 0.360. The summed E-state index contributed by atoms with van der Waals surface area (Å²) in [6.45, 7) is 2.08. The molecule has 2 heterocycles. The molecule has 1 aliphatic carbocycles. The molecule has 3 amide bonds. The van der Waals surface area contributed by atoms with Crippen LogP contribution in [0.3, 0.4) is 0 Å². The Morgan fingerprint density at radius 1 is 1.14 bits per heavy atom. The number of anilines is 1. The second-order valence-corrected chi connectivity index (χ2v) is 9.35. The van der Waals surface area contributed by atoms with Gasteiger partial charge in [-0.2, -0.15) is 13.2 Å². The second kappa shape index (κ2) is 9.67. The van der Waals surface area contributed by atoms with Crippen molar-refractivity contribution in [2.45, 2.75) is 31.5 Å². The number of nitrogens with zero attached hydrogens (tertiary/aromatic N) is 1. The lowest BCUT2D eigenvalue weighted by molar-refractivity contribution is -0.137. The van der Waals surface area contributed by atoms with Crippen molar-refractivity contribution in [3.05, 3.63) is 63.8 Å². The lowest BCUT2D eigenvalue weighted by Crippen LogP contribution is -2.41. The maximum atomic E-state index is 13.3. The Hall–Kier alpha value is -3.24. The van der Waals surface area contributed by atoms with Crippen molar-refractivity contribution < 1.29 is 27.5 Å². The van der Waals surface area contributed by atoms with Gasteiger partial charge in [0.15, 0.2) is 0 Å². The first-order chi connectivity index (χ1) is 17.2. The van der Waals surface area contributed by atoms with E-state index in [4.69, 9.17) is 16.3 Å². The van der Waals surface area contributed by atoms with Crippen molar-refractivity contribution in [3.8, 4) is 0 Å². The first-order valence-electron chi connectivity index (χ1n) is 11.6. The molecule has 1 fully saturated rings. The van der Waals surface area contributed by atoms with Gasteiger partial charge >= 0.3 is 12.2 Å². The van der Waals surface area contributed by atoms with E-state index in [0.29, 0.717) is 51.1 Å². The van der Waals surface area contributed by atoms with E-state index >= 15 is 0 Å². The highest BCUT2D eigenvalue weighted by molar-refractivity contribution is 6.31. The van der Waals surface area contributed by atoms with Crippen LogP contribution in [0, 0.1) is 0 Å². The van der Waals surface area contributed by atoms with Crippen molar-refractivity contribution in [2.24, 2.45) is 0 Å². The number of hydrogen-bond acceptors (Lipinski definition) is 3. The number of amides is 3. The molecule has 3 N–H and O–H groups in total. The molecular formula is C25H24ClF3N4O3. The standard InChI is InChI=1S/C25H24ClF3N4O3/c26-19-6-4-15(13-18(19)25(27,28)29)31-24(35)30-14-5-7-20-17(12-14)22-16(2-1-3-21(22)32-20)23(34)33-8-10-36-11-9-33/h1-4,6,13-14,32H,5,7-12H2,(H2,30,31,35). The summed E-state index contributed by atoms with van der Waals surface area (Å²) < 4.78 is 44.8. The smallest absolute Gasteiger partial charge is 0.378 e. The molecule has 1 aliphatic heterocycles. The van der Waals surface area contributed by atoms with Crippen molar-refractivity contribution >= 4 is 40.1 Å². The number of aromatic amines is 1. The minimum Gasteiger partial charge on any atom is -0.378 e. The fourth-order valence-corrected chi connectivity index (χ4v) is 5.11. The van der Waals surface area contributed by atoms with Crippen LogP contribution >= 0.6 is 11.6 Å². The van der Waals surface area contributed by atoms with Gasteiger partial charge in [-0.15, -0.1) is 0 Å². The highest BCUT2D eigenvalue weighted by Crippen LogP contribution is 2.36. The predicted molar refractivity (Wildman–Crippen MR) is 129 cm³/mol. The number of aromatic nitrogens is 1. The third-order valence-corrected chi connectivity index (χ3v) is 6.93. The Labute approximate surface area is 209 Å². The van der Waals surface area contributed by atoms with E-state index in [0.717, 1.165) is 34.3 Å². The summed E-state index contributed by atoms with van der Waals surface area (Å²) >= 11 is 5.66. The van der Waals surface area contributed by atoms with Crippen LogP contribution in [0.25, 0.3) is 10.9 Å². The van der Waals surface area contributed by atoms with Crippen molar-refractivity contribution in [1.82, 2.24) is 15.2 Å². The van der Waals surface area contributed by atoms with Crippen molar-refractivity contribution in [2.75, 3.05) is 31.6 Å². The monoisotopic (exact) mass is 520 g/mol. The minimum atomic E-state index is -4.63. The highest BCUT2D eigenvalue weighted by Gasteiger charge is 2.34. The summed E-state index contributed by atoms with van der Waals surface area (Å²) in [4.78, 5) is 31.1. The summed E-state index contributed by atoms with van der Waals surface area (Å²) in [5, 5.41) is 5.74. The summed E-state index contributed by atoms with van der Waals surface area (Å²) in [6, 6.07) is 7.97. The number of benzene rings is 2. The number of nitrogens with one attached hydrogen (secondary N) is 3. The molecule has 7 nitrogen and oxygen atoms in total. The molecule has 0 bridgehead atoms. The molecule has 2 aromatic carbocycles. The molecule has 3 aromatic rings. The molecule has 1 atom stereocenters. The number of fused-ring (bicyclic) bond motifs is 3. The Morgan fingerprint density at radius 2 is 1.92 bits per heavy atom. The Morgan fingerprint density at radius 3 is 2.67 bits per heavy atom. The largest absolute Gasteiger partial charge is 0.417 e. The van der Waals surface area contributed by atoms with Crippen LogP contribution in [-0.4, -0.2) is 54.2 Å². The molecule has 36 heavy (non-hydrogen) atoms. The SMILES string of the molecule is O=C(Nc1ccc(Cl)c(C(F)(F)F)c1)NC1CCc2[nH]c3cccc(C(=O)N4CCOCC4)c3c2C1. The Kier molecular flexibility index (Phi) is 6.57. The molecule has 5 rings (SSSR count). The number of carbonyl (C=O) groups excluding carboxylic acids is 2. The zero-order valence-electron chi connectivity index (χ0n) is 19.2. The third-order valence-electron chi connectivity index (χ3n) is 6.60. The van der Waals surface area contributed by atoms with E-state index < -0.39 is 22.8 Å². The van der Waals surface area contributed by atoms with Crippen LogP contribution in [0.15, 0.2) is 36.4 Å². The van der Waals surface area contributed by atoms with Gasteiger partial charge in [0.1, 0.15) is 0 Å². The summed E-state index contributed by atoms with van der Waals surface area (Å²) in [7, 11) is 0. The van der Waals surface area contributed by atoms with Crippen LogP contribution in [0.5, 0.6) is 0 Å². The first-order valence-corrected chi connectivity index (χ1v) is 12.0. The van der Waals surface area contributed by atoms with Gasteiger partial charge in [0.05, 0.1) is 23.8 Å². The van der Waals surface area contributed by atoms with Crippen LogP contribution in [-0.2, 0) is 23.8 Å². The van der Waals surface area contributed by atoms with E-state index in [1.807, 2.05) is 18.2 Å². The highest BCUT2D eigenvalue weighted by atomic mass is 35.5. The minimum absolute atomic E-state index is 0.00814. The van der Waals surface area contributed by atoms with Gasteiger partial charge in [-0.1, -0.05) is 17.7 Å². The van der Waals surface area contributed by atoms with Crippen LogP contribution < -0.4 is 10.6 Å². The summed E-state index contributed by atoms with van der Waals surface area (Å²) in [5.74, 6) is -0.0540. The Balaban J connectivity index is 1.33. The normalized spacial score (nSPS) is 18.1. The molecule has 1 aromatic heterocycles. The van der Waals surface area contributed by atoms with E-state index in [9.17, 15) is 22.8 Å². The van der Waals surface area contributed by atoms with Gasteiger partial charge in [-0.25, -0.2) is 4.79 Å². The molecule has 190 valence electrons. The van der Waals surface area contributed by atoms with E-state index in [1.54, 1.807) is 4.90 Å². The number of hydrogen-bond donors (Lipinski definition) is 3. The second-order valence-electron chi connectivity index (χ2n) is 8.95. The Bertz CT molecular complexity index is 1320. The van der Waals surface area contributed by atoms with E-state index in [1.165, 1.54) is 6.07 Å². The lowest BCUT2D eigenvalue weighted by Gasteiger charge is -2.28. The van der Waals surface area contributed by atoms with Crippen LogP contribution in [0.1, 0.15) is 33.6 Å². The molecule has 1 unspecified atom stereocenters. The van der Waals surface area contributed by atoms with Gasteiger partial charge in [0.25, 0.3) is 5.91 Å². The maximum absolute atomic E-state index is 13.3. The average Bonchev–Trinajstić information content (AvgIpc) is 3.23. The van der Waals surface area contributed by atoms with Crippen LogP contribution in [0.4, 0.5) is 23.7 Å². The molecular weight excluding hydrogens is 497 g/mol. The van der Waals surface area contributed by atoms with Gasteiger partial charge in [-0.05, 0) is 55.2 Å². The summed E-state index contributed by atoms with van der Waals surface area (Å²) in [6.07, 6.45) is -2.82. The third kappa shape index (κ3) is 4.87. The topological polar surface area (TPSA) is 86.5 Å². The quantitative estimate of drug-likeness (QED) is 0.455. The number of urea groups is 1. The van der Waals surface area contributed by atoms with Gasteiger partial charge in [0, 0.05) is 47.0 Å². The lowest BCUT2D eigenvalue weighted by atomic mass is 9.90. The molecule has 2 aliphatic rings. The zero-order valence-corrected chi connectivity index (χ0v) is 19.9. The molecule has 0 radical (unpaired) electrons. The number of morpholine rings is 1. The molecule has 11 heteroatoms. The van der Waals surface area contributed by atoms with E-state index in [2.05, 4.69) is 15.6 Å². The number of aryl methyl sites for hydroxylation is 1. The molecule has 0 saturated carbocycles. The predicted octanol–water partition coefficient (Wildman–Crippen LogP) is 4.99. The molecule has 0 spiro atoms. The molecule has 1 saturated heterocycles. The number of carbonyl (C=O) groups is 2. The zero-order chi connectivity index (χ0) is 25.4. The fourth-order valence-electron chi connectivity index (χ4n) is 4.89.